The monoisotopic (exact) mass is 245 g/mol. The minimum Gasteiger partial charge on any atom is -0.394 e. The van der Waals surface area contributed by atoms with Crippen molar-refractivity contribution >= 4 is 5.69 Å². The molecule has 0 spiro atoms. The van der Waals surface area contributed by atoms with E-state index in [0.717, 1.165) is 17.8 Å². The molecule has 0 aliphatic rings. The van der Waals surface area contributed by atoms with Crippen LogP contribution in [0.1, 0.15) is 16.7 Å². The molecule has 1 aromatic carbocycles. The minimum atomic E-state index is 0.117. The number of benzene rings is 1. The van der Waals surface area contributed by atoms with Crippen molar-refractivity contribution in [1.29, 1.82) is 0 Å². The van der Waals surface area contributed by atoms with Crippen LogP contribution in [0.2, 0.25) is 0 Å². The number of hydrogen-bond acceptors (Lipinski definition) is 3. The highest BCUT2D eigenvalue weighted by atomic mass is 16.3. The van der Waals surface area contributed by atoms with Crippen LogP contribution >= 0.6 is 0 Å². The Kier molecular flexibility index (Phi) is 3.99. The molecule has 0 atom stereocenters. The molecule has 0 bridgehead atoms. The van der Waals surface area contributed by atoms with E-state index in [1.54, 1.807) is 4.68 Å². The predicted molar refractivity (Wildman–Crippen MR) is 72.6 cm³/mol. The Morgan fingerprint density at radius 3 is 2.83 bits per heavy atom. The summed E-state index contributed by atoms with van der Waals surface area (Å²) in [6.07, 6.45) is 3.77. The molecule has 2 aromatic rings. The molecule has 2 rings (SSSR count). The van der Waals surface area contributed by atoms with Gasteiger partial charge in [0, 0.05) is 24.0 Å². The van der Waals surface area contributed by atoms with Gasteiger partial charge in [-0.25, -0.2) is 0 Å². The topological polar surface area (TPSA) is 50.1 Å². The van der Waals surface area contributed by atoms with Crippen molar-refractivity contribution in [1.82, 2.24) is 9.78 Å². The maximum Gasteiger partial charge on any atom is 0.0640 e. The van der Waals surface area contributed by atoms with Gasteiger partial charge < -0.3 is 10.4 Å². The third-order valence-corrected chi connectivity index (χ3v) is 3.02. The van der Waals surface area contributed by atoms with Crippen molar-refractivity contribution in [3.8, 4) is 0 Å². The molecule has 96 valence electrons. The van der Waals surface area contributed by atoms with Crippen molar-refractivity contribution in [2.75, 3.05) is 11.9 Å². The minimum absolute atomic E-state index is 0.117. The third-order valence-electron chi connectivity index (χ3n) is 3.02. The van der Waals surface area contributed by atoms with Gasteiger partial charge in [-0.2, -0.15) is 5.10 Å². The molecular weight excluding hydrogens is 226 g/mol. The lowest BCUT2D eigenvalue weighted by atomic mass is 10.1. The van der Waals surface area contributed by atoms with E-state index in [1.165, 1.54) is 11.1 Å². The standard InChI is InChI=1S/C14H19N3O/c1-11-3-4-14(7-12(11)2)15-8-13-9-16-17(10-13)5-6-18/h3-4,7,9-10,15,18H,5-6,8H2,1-2H3. The van der Waals surface area contributed by atoms with Crippen LogP contribution < -0.4 is 5.32 Å². The highest BCUT2D eigenvalue weighted by Gasteiger charge is 1.99. The first kappa shape index (κ1) is 12.6. The van der Waals surface area contributed by atoms with Crippen LogP contribution in [0, 0.1) is 13.8 Å². The van der Waals surface area contributed by atoms with E-state index in [-0.39, 0.29) is 6.61 Å². The third kappa shape index (κ3) is 3.11. The number of aliphatic hydroxyl groups is 1. The Bertz CT molecular complexity index is 520. The van der Waals surface area contributed by atoms with Gasteiger partial charge in [0.25, 0.3) is 0 Å². The van der Waals surface area contributed by atoms with Crippen molar-refractivity contribution in [2.45, 2.75) is 26.9 Å². The molecule has 0 fully saturated rings. The quantitative estimate of drug-likeness (QED) is 0.848. The van der Waals surface area contributed by atoms with Crippen LogP contribution in [0.25, 0.3) is 0 Å². The number of anilines is 1. The van der Waals surface area contributed by atoms with Gasteiger partial charge in [0.1, 0.15) is 0 Å². The Morgan fingerprint density at radius 1 is 1.28 bits per heavy atom. The second-order valence-corrected chi connectivity index (χ2v) is 4.49. The van der Waals surface area contributed by atoms with Crippen LogP contribution in [0.15, 0.2) is 30.6 Å². The molecule has 4 heteroatoms. The van der Waals surface area contributed by atoms with Gasteiger partial charge >= 0.3 is 0 Å². The summed E-state index contributed by atoms with van der Waals surface area (Å²) in [5, 5.41) is 16.4. The second kappa shape index (κ2) is 5.69. The highest BCUT2D eigenvalue weighted by molar-refractivity contribution is 5.48. The fourth-order valence-electron chi connectivity index (χ4n) is 1.78. The van der Waals surface area contributed by atoms with Crippen LogP contribution in [0.4, 0.5) is 5.69 Å². The Balaban J connectivity index is 1.95. The average molecular weight is 245 g/mol. The summed E-state index contributed by atoms with van der Waals surface area (Å²) in [5.41, 5.74) is 4.82. The van der Waals surface area contributed by atoms with Crippen LogP contribution in [0.3, 0.4) is 0 Å². The van der Waals surface area contributed by atoms with Gasteiger partial charge in [0.15, 0.2) is 0 Å². The number of aliphatic hydroxyl groups excluding tert-OH is 1. The Hall–Kier alpha value is -1.81. The molecule has 1 heterocycles. The van der Waals surface area contributed by atoms with Gasteiger partial charge in [-0.1, -0.05) is 6.07 Å². The zero-order chi connectivity index (χ0) is 13.0. The van der Waals surface area contributed by atoms with Gasteiger partial charge in [0.05, 0.1) is 19.3 Å². The first-order chi connectivity index (χ1) is 8.69. The molecule has 0 aliphatic heterocycles. The van der Waals surface area contributed by atoms with Crippen LogP contribution in [-0.4, -0.2) is 21.5 Å². The van der Waals surface area contributed by atoms with Gasteiger partial charge in [-0.15, -0.1) is 0 Å². The maximum absolute atomic E-state index is 8.82. The van der Waals surface area contributed by atoms with Gasteiger partial charge in [-0.3, -0.25) is 4.68 Å². The average Bonchev–Trinajstić information content (AvgIpc) is 2.79. The van der Waals surface area contributed by atoms with Gasteiger partial charge in [0.2, 0.25) is 0 Å². The number of rotatable bonds is 5. The van der Waals surface area contributed by atoms with Crippen molar-refractivity contribution < 1.29 is 5.11 Å². The number of nitrogens with one attached hydrogen (secondary N) is 1. The molecule has 0 radical (unpaired) electrons. The van der Waals surface area contributed by atoms with E-state index in [0.29, 0.717) is 6.54 Å². The first-order valence-electron chi connectivity index (χ1n) is 6.12. The normalized spacial score (nSPS) is 10.6. The van der Waals surface area contributed by atoms with Crippen molar-refractivity contribution in [2.24, 2.45) is 0 Å². The molecule has 0 saturated heterocycles. The second-order valence-electron chi connectivity index (χ2n) is 4.49. The number of aryl methyl sites for hydroxylation is 2. The molecular formula is C14H19N3O. The Morgan fingerprint density at radius 2 is 2.11 bits per heavy atom. The summed E-state index contributed by atoms with van der Waals surface area (Å²) in [6.45, 7) is 5.63. The van der Waals surface area contributed by atoms with Crippen molar-refractivity contribution in [3.63, 3.8) is 0 Å². The summed E-state index contributed by atoms with van der Waals surface area (Å²) in [4.78, 5) is 0. The van der Waals surface area contributed by atoms with Gasteiger partial charge in [-0.05, 0) is 37.1 Å². The summed E-state index contributed by atoms with van der Waals surface area (Å²) in [6, 6.07) is 6.35. The smallest absolute Gasteiger partial charge is 0.0640 e. The van der Waals surface area contributed by atoms with E-state index in [4.69, 9.17) is 5.11 Å². The summed E-state index contributed by atoms with van der Waals surface area (Å²) in [5.74, 6) is 0. The van der Waals surface area contributed by atoms with Crippen LogP contribution in [0.5, 0.6) is 0 Å². The molecule has 0 amide bonds. The largest absolute Gasteiger partial charge is 0.394 e. The number of hydrogen-bond donors (Lipinski definition) is 2. The molecule has 2 N–H and O–H groups in total. The molecule has 4 nitrogen and oxygen atoms in total. The van der Waals surface area contributed by atoms with E-state index in [2.05, 4.69) is 42.5 Å². The van der Waals surface area contributed by atoms with E-state index >= 15 is 0 Å². The lowest BCUT2D eigenvalue weighted by Crippen LogP contribution is -2.02. The first-order valence-corrected chi connectivity index (χ1v) is 6.12. The molecule has 1 aromatic heterocycles. The zero-order valence-corrected chi connectivity index (χ0v) is 10.8. The van der Waals surface area contributed by atoms with E-state index in [1.807, 2.05) is 12.4 Å². The Labute approximate surface area is 107 Å². The summed E-state index contributed by atoms with van der Waals surface area (Å²) >= 11 is 0. The fraction of sp³-hybridized carbons (Fsp3) is 0.357. The number of aromatic nitrogens is 2. The van der Waals surface area contributed by atoms with E-state index < -0.39 is 0 Å². The maximum atomic E-state index is 8.82. The molecule has 0 aliphatic carbocycles. The fourth-order valence-corrected chi connectivity index (χ4v) is 1.78. The SMILES string of the molecule is Cc1ccc(NCc2cnn(CCO)c2)cc1C. The summed E-state index contributed by atoms with van der Waals surface area (Å²) < 4.78 is 1.75. The molecule has 18 heavy (non-hydrogen) atoms. The molecule has 0 unspecified atom stereocenters. The highest BCUT2D eigenvalue weighted by Crippen LogP contribution is 2.15. The predicted octanol–water partition coefficient (Wildman–Crippen LogP) is 2.10. The zero-order valence-electron chi connectivity index (χ0n) is 10.8. The summed E-state index contributed by atoms with van der Waals surface area (Å²) in [7, 11) is 0. The van der Waals surface area contributed by atoms with Crippen molar-refractivity contribution in [3.05, 3.63) is 47.3 Å². The lowest BCUT2D eigenvalue weighted by molar-refractivity contribution is 0.269. The number of nitrogens with zero attached hydrogens (tertiary/aromatic N) is 2. The van der Waals surface area contributed by atoms with E-state index in [9.17, 15) is 0 Å². The van der Waals surface area contributed by atoms with Crippen LogP contribution in [-0.2, 0) is 13.1 Å². The molecule has 0 saturated carbocycles. The lowest BCUT2D eigenvalue weighted by Gasteiger charge is -2.07.